The van der Waals surface area contributed by atoms with Crippen molar-refractivity contribution < 1.29 is 22.7 Å². The van der Waals surface area contributed by atoms with Gasteiger partial charge in [0, 0.05) is 13.1 Å². The fourth-order valence-electron chi connectivity index (χ4n) is 2.13. The topological polar surface area (TPSA) is 105 Å². The van der Waals surface area contributed by atoms with Crippen molar-refractivity contribution in [3.05, 3.63) is 0 Å². The number of likely N-dealkylation sites (tertiary alicyclic amines) is 1. The molecule has 1 rings (SSSR count). The summed E-state index contributed by atoms with van der Waals surface area (Å²) in [5.74, 6) is -0.696. The van der Waals surface area contributed by atoms with Gasteiger partial charge in [-0.25, -0.2) is 13.2 Å². The summed E-state index contributed by atoms with van der Waals surface area (Å²) in [6, 6.07) is 1.58. The van der Waals surface area contributed by atoms with E-state index in [1.165, 1.54) is 4.90 Å². The number of carbonyl (C=O) groups excluding carboxylic acids is 2. The molecule has 1 fully saturated rings. The molecule has 0 bridgehead atoms. The summed E-state index contributed by atoms with van der Waals surface area (Å²) in [6.07, 6.45) is -0.161. The molecule has 0 atom stereocenters. The van der Waals surface area contributed by atoms with Crippen molar-refractivity contribution in [2.75, 3.05) is 18.8 Å². The van der Waals surface area contributed by atoms with Crippen molar-refractivity contribution in [3.8, 4) is 6.07 Å². The molecular weight excluding hydrogens is 296 g/mol. The first-order chi connectivity index (χ1) is 9.57. The first kappa shape index (κ1) is 17.4. The highest BCUT2D eigenvalue weighted by Crippen LogP contribution is 2.30. The molecular formula is C13H20N2O5S. The van der Waals surface area contributed by atoms with Crippen molar-refractivity contribution >= 4 is 22.2 Å². The number of carbonyl (C=O) groups is 2. The Morgan fingerprint density at radius 2 is 1.90 bits per heavy atom. The molecule has 0 aromatic rings. The van der Waals surface area contributed by atoms with Crippen molar-refractivity contribution in [1.82, 2.24) is 4.90 Å². The lowest BCUT2D eigenvalue weighted by Gasteiger charge is -2.37. The fourth-order valence-corrected chi connectivity index (χ4v) is 3.53. The highest BCUT2D eigenvalue weighted by atomic mass is 32.2. The predicted molar refractivity (Wildman–Crippen MR) is 75.2 cm³/mol. The molecule has 0 radical (unpaired) electrons. The normalized spacial score (nSPS) is 18.7. The number of hydrogen-bond acceptors (Lipinski definition) is 6. The first-order valence-electron chi connectivity index (χ1n) is 6.60. The molecule has 8 heteroatoms. The smallest absolute Gasteiger partial charge is 0.410 e. The van der Waals surface area contributed by atoms with Crippen LogP contribution in [0.1, 0.15) is 33.6 Å². The van der Waals surface area contributed by atoms with E-state index in [-0.39, 0.29) is 25.9 Å². The van der Waals surface area contributed by atoms with Crippen LogP contribution in [0.3, 0.4) is 0 Å². The van der Waals surface area contributed by atoms with Crippen LogP contribution < -0.4 is 0 Å². The Labute approximate surface area is 124 Å². The van der Waals surface area contributed by atoms with E-state index in [1.807, 2.05) is 0 Å². The summed E-state index contributed by atoms with van der Waals surface area (Å²) in [4.78, 5) is 24.6. The van der Waals surface area contributed by atoms with E-state index in [1.54, 1.807) is 26.8 Å². The van der Waals surface area contributed by atoms with Crippen LogP contribution in [-0.2, 0) is 19.4 Å². The van der Waals surface area contributed by atoms with Gasteiger partial charge in [0.1, 0.15) is 22.4 Å². The van der Waals surface area contributed by atoms with Gasteiger partial charge in [-0.1, -0.05) is 0 Å². The number of aldehydes is 1. The van der Waals surface area contributed by atoms with Crippen molar-refractivity contribution in [2.45, 2.75) is 44.0 Å². The van der Waals surface area contributed by atoms with Gasteiger partial charge < -0.3 is 14.4 Å². The summed E-state index contributed by atoms with van der Waals surface area (Å²) < 4.78 is 27.8. The predicted octanol–water partition coefficient (Wildman–Crippen LogP) is 0.893. The van der Waals surface area contributed by atoms with E-state index >= 15 is 0 Å². The van der Waals surface area contributed by atoms with E-state index in [4.69, 9.17) is 10.00 Å². The molecule has 0 aliphatic carbocycles. The van der Waals surface area contributed by atoms with Gasteiger partial charge in [-0.15, -0.1) is 0 Å². The van der Waals surface area contributed by atoms with Gasteiger partial charge in [-0.2, -0.15) is 5.26 Å². The molecule has 1 heterocycles. The zero-order chi connectivity index (χ0) is 16.3. The molecule has 1 aliphatic rings. The van der Waals surface area contributed by atoms with E-state index in [9.17, 15) is 18.0 Å². The molecule has 21 heavy (non-hydrogen) atoms. The van der Waals surface area contributed by atoms with Gasteiger partial charge in [0.25, 0.3) is 0 Å². The molecule has 0 saturated carbocycles. The van der Waals surface area contributed by atoms with Crippen LogP contribution in [0.4, 0.5) is 4.79 Å². The van der Waals surface area contributed by atoms with Crippen LogP contribution in [0.5, 0.6) is 0 Å². The van der Waals surface area contributed by atoms with Crippen LogP contribution in [0.15, 0.2) is 0 Å². The maximum atomic E-state index is 12.1. The van der Waals surface area contributed by atoms with Gasteiger partial charge in [0.05, 0.1) is 6.07 Å². The first-order valence-corrected chi connectivity index (χ1v) is 8.26. The number of nitrogens with zero attached hydrogens (tertiary/aromatic N) is 2. The second kappa shape index (κ2) is 6.02. The average Bonchev–Trinajstić information content (AvgIpc) is 2.36. The van der Waals surface area contributed by atoms with Crippen LogP contribution in [0, 0.1) is 11.3 Å². The standard InChI is InChI=1S/C13H20N2O5S/c1-12(2,3)20-11(17)15-7-4-13(10-16,5-8-15)21(18,19)9-6-14/h10H,4-5,7-9H2,1-3H3. The van der Waals surface area contributed by atoms with Crippen LogP contribution in [0.2, 0.25) is 0 Å². The molecule has 7 nitrogen and oxygen atoms in total. The maximum absolute atomic E-state index is 12.1. The van der Waals surface area contributed by atoms with Gasteiger partial charge in [0.15, 0.2) is 9.84 Å². The number of nitriles is 1. The average molecular weight is 316 g/mol. The van der Waals surface area contributed by atoms with Crippen molar-refractivity contribution in [3.63, 3.8) is 0 Å². The molecule has 0 spiro atoms. The highest BCUT2D eigenvalue weighted by molar-refractivity contribution is 7.93. The number of ether oxygens (including phenoxy) is 1. The largest absolute Gasteiger partial charge is 0.444 e. The zero-order valence-electron chi connectivity index (χ0n) is 12.5. The van der Waals surface area contributed by atoms with Crippen LogP contribution >= 0.6 is 0 Å². The molecule has 1 amide bonds. The highest BCUT2D eigenvalue weighted by Gasteiger charge is 2.47. The summed E-state index contributed by atoms with van der Waals surface area (Å²) in [5.41, 5.74) is -0.636. The van der Waals surface area contributed by atoms with Crippen LogP contribution in [-0.4, -0.2) is 54.9 Å². The quantitative estimate of drug-likeness (QED) is 0.716. The lowest BCUT2D eigenvalue weighted by Crippen LogP contribution is -2.53. The number of rotatable bonds is 3. The third-order valence-corrected chi connectivity index (χ3v) is 5.60. The van der Waals surface area contributed by atoms with Crippen LogP contribution in [0.25, 0.3) is 0 Å². The Morgan fingerprint density at radius 1 is 1.38 bits per heavy atom. The SMILES string of the molecule is CC(C)(C)OC(=O)N1CCC(C=O)(S(=O)(=O)CC#N)CC1. The number of hydrogen-bond donors (Lipinski definition) is 0. The zero-order valence-corrected chi connectivity index (χ0v) is 13.3. The molecule has 1 aliphatic heterocycles. The minimum absolute atomic E-state index is 0.0141. The van der Waals surface area contributed by atoms with Crippen molar-refractivity contribution in [2.24, 2.45) is 0 Å². The third kappa shape index (κ3) is 3.94. The number of amides is 1. The maximum Gasteiger partial charge on any atom is 0.410 e. The van der Waals surface area contributed by atoms with Crippen molar-refractivity contribution in [1.29, 1.82) is 5.26 Å². The van der Waals surface area contributed by atoms with Gasteiger partial charge in [-0.3, -0.25) is 0 Å². The Bertz CT molecular complexity index is 548. The van der Waals surface area contributed by atoms with E-state index in [0.29, 0.717) is 6.29 Å². The second-order valence-electron chi connectivity index (χ2n) is 6.07. The molecule has 118 valence electrons. The summed E-state index contributed by atoms with van der Waals surface area (Å²) >= 11 is 0. The Balaban J connectivity index is 2.80. The molecule has 0 aromatic carbocycles. The summed E-state index contributed by atoms with van der Waals surface area (Å²) in [5, 5.41) is 8.58. The van der Waals surface area contributed by atoms with Gasteiger partial charge in [-0.05, 0) is 33.6 Å². The monoisotopic (exact) mass is 316 g/mol. The van der Waals surface area contributed by atoms with E-state index in [0.717, 1.165) is 0 Å². The summed E-state index contributed by atoms with van der Waals surface area (Å²) in [7, 11) is -3.84. The molecule has 0 unspecified atom stereocenters. The minimum atomic E-state index is -3.84. The molecule has 0 aromatic heterocycles. The summed E-state index contributed by atoms with van der Waals surface area (Å²) in [6.45, 7) is 5.43. The van der Waals surface area contributed by atoms with E-state index < -0.39 is 32.0 Å². The Kier molecular flexibility index (Phi) is 4.99. The van der Waals surface area contributed by atoms with E-state index in [2.05, 4.69) is 0 Å². The Morgan fingerprint density at radius 3 is 2.29 bits per heavy atom. The minimum Gasteiger partial charge on any atom is -0.444 e. The third-order valence-electron chi connectivity index (χ3n) is 3.35. The van der Waals surface area contributed by atoms with Gasteiger partial charge >= 0.3 is 6.09 Å². The number of sulfone groups is 1. The lowest BCUT2D eigenvalue weighted by atomic mass is 9.97. The fraction of sp³-hybridized carbons (Fsp3) is 0.769. The number of piperidine rings is 1. The second-order valence-corrected chi connectivity index (χ2v) is 8.40. The lowest BCUT2D eigenvalue weighted by molar-refractivity contribution is -0.111. The van der Waals surface area contributed by atoms with Gasteiger partial charge in [0.2, 0.25) is 0 Å². The molecule has 1 saturated heterocycles. The molecule has 0 N–H and O–H groups in total. The Hall–Kier alpha value is -1.62.